The molecule has 0 saturated carbocycles. The van der Waals surface area contributed by atoms with Crippen molar-refractivity contribution in [3.8, 4) is 0 Å². The summed E-state index contributed by atoms with van der Waals surface area (Å²) in [6, 6.07) is 15.0. The van der Waals surface area contributed by atoms with Crippen LogP contribution in [0.2, 0.25) is 0 Å². The Labute approximate surface area is 163 Å². The molecule has 5 nitrogen and oxygen atoms in total. The molecule has 0 aromatic heterocycles. The Morgan fingerprint density at radius 1 is 1.19 bits per heavy atom. The zero-order valence-corrected chi connectivity index (χ0v) is 16.4. The first-order valence-electron chi connectivity index (χ1n) is 8.14. The number of nitrogens with one attached hydrogen (secondary N) is 1. The molecule has 0 fully saturated rings. The number of amides is 1. The fourth-order valence-corrected chi connectivity index (χ4v) is 3.46. The van der Waals surface area contributed by atoms with E-state index in [2.05, 4.69) is 5.32 Å². The Morgan fingerprint density at radius 3 is 2.69 bits per heavy atom. The van der Waals surface area contributed by atoms with Gasteiger partial charge in [-0.05, 0) is 35.7 Å². The topological polar surface area (TPSA) is 81.4 Å². The van der Waals surface area contributed by atoms with Crippen LogP contribution in [0.1, 0.15) is 17.5 Å². The lowest BCUT2D eigenvalue weighted by molar-refractivity contribution is -0.116. The maximum absolute atomic E-state index is 12.1. The number of ether oxygens (including phenoxy) is 1. The van der Waals surface area contributed by atoms with E-state index in [1.54, 1.807) is 7.11 Å². The molecule has 2 aromatic carbocycles. The molecule has 1 atom stereocenters. The molecule has 0 aliphatic heterocycles. The summed E-state index contributed by atoms with van der Waals surface area (Å²) in [7, 11) is 0.619. The lowest BCUT2D eigenvalue weighted by Gasteiger charge is -2.09. The van der Waals surface area contributed by atoms with Gasteiger partial charge in [-0.15, -0.1) is 12.4 Å². The summed E-state index contributed by atoms with van der Waals surface area (Å²) in [5, 5.41) is 2.89. The highest BCUT2D eigenvalue weighted by molar-refractivity contribution is 7.84. The van der Waals surface area contributed by atoms with E-state index in [1.807, 2.05) is 48.5 Å². The van der Waals surface area contributed by atoms with E-state index < -0.39 is 10.8 Å². The minimum absolute atomic E-state index is 0. The molecule has 0 heterocycles. The highest BCUT2D eigenvalue weighted by Crippen LogP contribution is 2.15. The molecule has 142 valence electrons. The number of carbonyl (C=O) groups is 1. The van der Waals surface area contributed by atoms with Crippen molar-refractivity contribution < 1.29 is 13.7 Å². The smallest absolute Gasteiger partial charge is 0.224 e. The minimum atomic E-state index is -0.974. The van der Waals surface area contributed by atoms with Crippen molar-refractivity contribution in [3.63, 3.8) is 0 Å². The van der Waals surface area contributed by atoms with Gasteiger partial charge in [0.15, 0.2) is 0 Å². The van der Waals surface area contributed by atoms with Gasteiger partial charge in [0.05, 0.1) is 6.61 Å². The Morgan fingerprint density at radius 2 is 1.96 bits per heavy atom. The van der Waals surface area contributed by atoms with E-state index >= 15 is 0 Å². The van der Waals surface area contributed by atoms with Crippen LogP contribution < -0.4 is 11.1 Å². The predicted molar refractivity (Wildman–Crippen MR) is 110 cm³/mol. The van der Waals surface area contributed by atoms with Gasteiger partial charge < -0.3 is 15.8 Å². The van der Waals surface area contributed by atoms with Crippen LogP contribution in [-0.2, 0) is 32.5 Å². The van der Waals surface area contributed by atoms with Crippen LogP contribution in [0.3, 0.4) is 0 Å². The Balaban J connectivity index is 0.00000338. The van der Waals surface area contributed by atoms with E-state index in [-0.39, 0.29) is 18.3 Å². The highest BCUT2D eigenvalue weighted by Gasteiger charge is 2.07. The van der Waals surface area contributed by atoms with Crippen molar-refractivity contribution in [2.24, 2.45) is 0 Å². The molecule has 0 aliphatic carbocycles. The number of hydrogen-bond acceptors (Lipinski definition) is 4. The second kappa shape index (κ2) is 11.7. The summed E-state index contributed by atoms with van der Waals surface area (Å²) in [6.07, 6.45) is 0.956. The Bertz CT molecular complexity index is 740. The average molecular weight is 397 g/mol. The monoisotopic (exact) mass is 396 g/mol. The summed E-state index contributed by atoms with van der Waals surface area (Å²) < 4.78 is 16.9. The number of nitrogen functional groups attached to an aromatic ring is 1. The van der Waals surface area contributed by atoms with Gasteiger partial charge in [0.25, 0.3) is 0 Å². The van der Waals surface area contributed by atoms with Crippen molar-refractivity contribution in [2.45, 2.75) is 18.6 Å². The normalized spacial score (nSPS) is 11.4. The first-order valence-corrected chi connectivity index (χ1v) is 9.63. The van der Waals surface area contributed by atoms with Crippen LogP contribution in [0.25, 0.3) is 0 Å². The number of benzene rings is 2. The van der Waals surface area contributed by atoms with Gasteiger partial charge in [0, 0.05) is 47.2 Å². The highest BCUT2D eigenvalue weighted by atomic mass is 35.5. The number of para-hydroxylation sites is 1. The number of nitrogens with two attached hydrogens (primary N) is 1. The summed E-state index contributed by atoms with van der Waals surface area (Å²) in [4.78, 5) is 12.1. The molecule has 0 bridgehead atoms. The Hall–Kier alpha value is -1.89. The quantitative estimate of drug-likeness (QED) is 0.638. The van der Waals surface area contributed by atoms with Gasteiger partial charge in [-0.1, -0.05) is 30.3 Å². The molecule has 1 unspecified atom stereocenters. The van der Waals surface area contributed by atoms with E-state index in [1.165, 1.54) is 0 Å². The third-order valence-electron chi connectivity index (χ3n) is 3.73. The minimum Gasteiger partial charge on any atom is -0.399 e. The molecule has 7 heteroatoms. The maximum atomic E-state index is 12.1. The standard InChI is InChI=1S/C19H24N2O3S.ClH/c1-24-11-12-25(23)14-15-5-4-7-17(13-15)21-19(22)10-9-16-6-2-3-8-18(16)20;/h2-8,13H,9-12,14,20H2,1H3,(H,21,22);1H. The molecule has 0 radical (unpaired) electrons. The number of methoxy groups -OCH3 is 1. The molecule has 26 heavy (non-hydrogen) atoms. The molecule has 2 rings (SSSR count). The van der Waals surface area contributed by atoms with Crippen molar-refractivity contribution in [2.75, 3.05) is 30.5 Å². The predicted octanol–water partition coefficient (Wildman–Crippen LogP) is 3.16. The van der Waals surface area contributed by atoms with Crippen LogP contribution in [-0.4, -0.2) is 29.6 Å². The van der Waals surface area contributed by atoms with Gasteiger partial charge in [-0.3, -0.25) is 9.00 Å². The van der Waals surface area contributed by atoms with Crippen LogP contribution in [0, 0.1) is 0 Å². The fraction of sp³-hybridized carbons (Fsp3) is 0.316. The van der Waals surface area contributed by atoms with Crippen molar-refractivity contribution in [1.82, 2.24) is 0 Å². The second-order valence-electron chi connectivity index (χ2n) is 5.73. The van der Waals surface area contributed by atoms with Crippen molar-refractivity contribution in [3.05, 3.63) is 59.7 Å². The first kappa shape index (κ1) is 22.2. The van der Waals surface area contributed by atoms with E-state index in [9.17, 15) is 9.00 Å². The van der Waals surface area contributed by atoms with Crippen LogP contribution >= 0.6 is 12.4 Å². The zero-order chi connectivity index (χ0) is 18.1. The summed E-state index contributed by atoms with van der Waals surface area (Å²) >= 11 is 0. The van der Waals surface area contributed by atoms with Gasteiger partial charge >= 0.3 is 0 Å². The van der Waals surface area contributed by atoms with E-state index in [0.717, 1.165) is 11.1 Å². The summed E-state index contributed by atoms with van der Waals surface area (Å²) in [6.45, 7) is 0.478. The second-order valence-corrected chi connectivity index (χ2v) is 7.31. The number of hydrogen-bond donors (Lipinski definition) is 2. The summed E-state index contributed by atoms with van der Waals surface area (Å²) in [5.41, 5.74) is 9.21. The van der Waals surface area contributed by atoms with E-state index in [0.29, 0.717) is 42.3 Å². The lowest BCUT2D eigenvalue weighted by atomic mass is 10.1. The zero-order valence-electron chi connectivity index (χ0n) is 14.8. The fourth-order valence-electron chi connectivity index (χ4n) is 2.41. The van der Waals surface area contributed by atoms with Crippen molar-refractivity contribution in [1.29, 1.82) is 0 Å². The maximum Gasteiger partial charge on any atom is 0.224 e. The van der Waals surface area contributed by atoms with Crippen LogP contribution in [0.15, 0.2) is 48.5 Å². The molecular weight excluding hydrogens is 372 g/mol. The third-order valence-corrected chi connectivity index (χ3v) is 5.01. The van der Waals surface area contributed by atoms with E-state index in [4.69, 9.17) is 10.5 Å². The number of carbonyl (C=O) groups excluding carboxylic acids is 1. The summed E-state index contributed by atoms with van der Waals surface area (Å²) in [5.74, 6) is 0.889. The third kappa shape index (κ3) is 7.56. The number of halogens is 1. The van der Waals surface area contributed by atoms with Crippen LogP contribution in [0.5, 0.6) is 0 Å². The Kier molecular flexibility index (Phi) is 9.95. The number of aryl methyl sites for hydroxylation is 1. The van der Waals surface area contributed by atoms with Gasteiger partial charge in [-0.2, -0.15) is 0 Å². The van der Waals surface area contributed by atoms with Gasteiger partial charge in [-0.25, -0.2) is 0 Å². The number of anilines is 2. The molecule has 3 N–H and O–H groups in total. The van der Waals surface area contributed by atoms with Gasteiger partial charge in [0.2, 0.25) is 5.91 Å². The SMILES string of the molecule is COCCS(=O)Cc1cccc(NC(=O)CCc2ccccc2N)c1.Cl. The van der Waals surface area contributed by atoms with Crippen LogP contribution in [0.4, 0.5) is 11.4 Å². The molecule has 1 amide bonds. The van der Waals surface area contributed by atoms with Gasteiger partial charge in [0.1, 0.15) is 0 Å². The average Bonchev–Trinajstić information content (AvgIpc) is 2.59. The lowest BCUT2D eigenvalue weighted by Crippen LogP contribution is -2.13. The molecule has 2 aromatic rings. The van der Waals surface area contributed by atoms with Crippen molar-refractivity contribution >= 4 is 40.5 Å². The molecule has 0 saturated heterocycles. The first-order chi connectivity index (χ1) is 12.1. The number of rotatable bonds is 9. The molecule has 0 aliphatic rings. The molecule has 0 spiro atoms. The molecular formula is C19H25ClN2O3S. The largest absolute Gasteiger partial charge is 0.399 e.